The highest BCUT2D eigenvalue weighted by atomic mass is 35.5. The Labute approximate surface area is 243 Å². The van der Waals surface area contributed by atoms with Crippen LogP contribution in [-0.2, 0) is 0 Å². The normalized spacial score (nSPS) is 29.4. The Morgan fingerprint density at radius 2 is 1.00 bits per heavy atom. The van der Waals surface area contributed by atoms with E-state index in [0.717, 1.165) is 36.2 Å². The van der Waals surface area contributed by atoms with Gasteiger partial charge in [0.15, 0.2) is 0 Å². The largest absolute Gasteiger partial charge is 0.207 e. The molecular weight excluding hydrogens is 532 g/mol. The third kappa shape index (κ3) is 6.90. The molecule has 0 nitrogen and oxygen atoms in total. The van der Waals surface area contributed by atoms with Gasteiger partial charge in [0.25, 0.3) is 0 Å². The van der Waals surface area contributed by atoms with Gasteiger partial charge in [-0.2, -0.15) is 0 Å². The van der Waals surface area contributed by atoms with Gasteiger partial charge < -0.3 is 0 Å². The first-order valence-corrected chi connectivity index (χ1v) is 16.3. The summed E-state index contributed by atoms with van der Waals surface area (Å²) in [5, 5.41) is -0.490. The second kappa shape index (κ2) is 13.6. The van der Waals surface area contributed by atoms with Crippen LogP contribution in [0.5, 0.6) is 0 Å². The Balaban J connectivity index is 1.13. The third-order valence-electron chi connectivity index (χ3n) is 10.7. The Morgan fingerprint density at radius 1 is 0.575 bits per heavy atom. The van der Waals surface area contributed by atoms with E-state index in [1.807, 2.05) is 0 Å². The number of rotatable bonds is 8. The van der Waals surface area contributed by atoms with Crippen molar-refractivity contribution in [1.82, 2.24) is 0 Å². The molecule has 0 aliphatic heterocycles. The molecule has 3 fully saturated rings. The van der Waals surface area contributed by atoms with Crippen LogP contribution in [-0.4, -0.2) is 0 Å². The summed E-state index contributed by atoms with van der Waals surface area (Å²) >= 11 is 5.63. The molecule has 0 heterocycles. The Hall–Kier alpha value is -1.55. The fourth-order valence-corrected chi connectivity index (χ4v) is 8.42. The third-order valence-corrected chi connectivity index (χ3v) is 11.1. The molecule has 0 amide bonds. The molecule has 0 spiro atoms. The maximum absolute atomic E-state index is 15.4. The second-order valence-corrected chi connectivity index (χ2v) is 13.5. The zero-order valence-electron chi connectivity index (χ0n) is 24.0. The second-order valence-electron chi connectivity index (χ2n) is 13.1. The molecule has 0 atom stereocenters. The van der Waals surface area contributed by atoms with Crippen molar-refractivity contribution in [2.45, 2.75) is 127 Å². The maximum atomic E-state index is 15.4. The molecule has 0 N–H and O–H groups in total. The Bertz CT molecular complexity index is 1080. The van der Waals surface area contributed by atoms with Gasteiger partial charge in [0.1, 0.15) is 28.3 Å². The van der Waals surface area contributed by atoms with Gasteiger partial charge in [-0.05, 0) is 135 Å². The van der Waals surface area contributed by atoms with Crippen LogP contribution in [0.15, 0.2) is 24.3 Å². The minimum atomic E-state index is -0.759. The van der Waals surface area contributed by atoms with Gasteiger partial charge in [0, 0.05) is 5.56 Å². The first-order chi connectivity index (χ1) is 19.3. The van der Waals surface area contributed by atoms with E-state index in [9.17, 15) is 8.78 Å². The molecule has 2 aromatic carbocycles. The molecule has 3 aliphatic rings. The van der Waals surface area contributed by atoms with Gasteiger partial charge in [0.2, 0.25) is 0 Å². The van der Waals surface area contributed by atoms with Crippen LogP contribution in [0.1, 0.15) is 144 Å². The summed E-state index contributed by atoms with van der Waals surface area (Å²) in [6, 6.07) is 5.78. The van der Waals surface area contributed by atoms with Crippen LogP contribution in [0.4, 0.5) is 17.6 Å². The molecule has 40 heavy (non-hydrogen) atoms. The highest BCUT2D eigenvalue weighted by Gasteiger charge is 2.33. The van der Waals surface area contributed by atoms with E-state index >= 15 is 8.78 Å². The highest BCUT2D eigenvalue weighted by molar-refractivity contribution is 6.30. The summed E-state index contributed by atoms with van der Waals surface area (Å²) in [6.45, 7) is 2.27. The minimum Gasteiger partial charge on any atom is -0.207 e. The standard InChI is InChI=1S/C35H45ClF4/c1-2-3-4-5-22-6-8-23(9-7-22)24-10-12-25(13-11-24)28-18-30(37)34(31(38)19-28)27-16-14-26(15-17-27)29-20-32(39)35(36)33(40)21-29/h18-27H,2-17H2,1H3. The predicted molar refractivity (Wildman–Crippen MR) is 156 cm³/mol. The topological polar surface area (TPSA) is 0 Å². The molecule has 3 aliphatic carbocycles. The van der Waals surface area contributed by atoms with Crippen molar-refractivity contribution < 1.29 is 17.6 Å². The van der Waals surface area contributed by atoms with Crippen LogP contribution in [0.2, 0.25) is 5.02 Å². The fraction of sp³-hybridized carbons (Fsp3) is 0.657. The minimum absolute atomic E-state index is 0.0331. The van der Waals surface area contributed by atoms with E-state index in [4.69, 9.17) is 11.6 Å². The molecule has 5 heteroatoms. The van der Waals surface area contributed by atoms with Crippen LogP contribution in [0, 0.1) is 41.0 Å². The molecule has 0 aromatic heterocycles. The summed E-state index contributed by atoms with van der Waals surface area (Å²) in [4.78, 5) is 0. The van der Waals surface area contributed by atoms with E-state index in [-0.39, 0.29) is 23.3 Å². The van der Waals surface area contributed by atoms with Gasteiger partial charge in [-0.3, -0.25) is 0 Å². The summed E-state index contributed by atoms with van der Waals surface area (Å²) in [5.74, 6) is 0.184. The van der Waals surface area contributed by atoms with Gasteiger partial charge in [-0.1, -0.05) is 57.0 Å². The predicted octanol–water partition coefficient (Wildman–Crippen LogP) is 12.0. The quantitative estimate of drug-likeness (QED) is 0.166. The van der Waals surface area contributed by atoms with E-state index < -0.39 is 28.3 Å². The fourth-order valence-electron chi connectivity index (χ4n) is 8.31. The highest BCUT2D eigenvalue weighted by Crippen LogP contribution is 2.46. The molecular formula is C35H45ClF4. The van der Waals surface area contributed by atoms with E-state index in [2.05, 4.69) is 6.92 Å². The Morgan fingerprint density at radius 3 is 1.50 bits per heavy atom. The van der Waals surface area contributed by atoms with E-state index in [0.29, 0.717) is 31.2 Å². The van der Waals surface area contributed by atoms with Crippen LogP contribution < -0.4 is 0 Å². The summed E-state index contributed by atoms with van der Waals surface area (Å²) in [5.41, 5.74) is 1.59. The van der Waals surface area contributed by atoms with Crippen molar-refractivity contribution in [3.63, 3.8) is 0 Å². The van der Waals surface area contributed by atoms with E-state index in [1.54, 1.807) is 12.1 Å². The number of benzene rings is 2. The average Bonchev–Trinajstić information content (AvgIpc) is 2.96. The summed E-state index contributed by atoms with van der Waals surface area (Å²) < 4.78 is 58.6. The lowest BCUT2D eigenvalue weighted by Gasteiger charge is -2.38. The first kappa shape index (κ1) is 29.9. The summed E-state index contributed by atoms with van der Waals surface area (Å²) in [6.07, 6.45) is 17.8. The molecule has 0 bridgehead atoms. The van der Waals surface area contributed by atoms with Crippen LogP contribution >= 0.6 is 11.6 Å². The molecule has 220 valence electrons. The lowest BCUT2D eigenvalue weighted by Crippen LogP contribution is -2.25. The number of unbranched alkanes of at least 4 members (excludes halogenated alkanes) is 2. The van der Waals surface area contributed by atoms with Gasteiger partial charge in [-0.15, -0.1) is 0 Å². The number of hydrogen-bond donors (Lipinski definition) is 0. The van der Waals surface area contributed by atoms with Crippen LogP contribution in [0.3, 0.4) is 0 Å². The lowest BCUT2D eigenvalue weighted by molar-refractivity contribution is 0.155. The van der Waals surface area contributed by atoms with Crippen molar-refractivity contribution in [3.05, 3.63) is 69.2 Å². The molecule has 3 saturated carbocycles. The van der Waals surface area contributed by atoms with E-state index in [1.165, 1.54) is 76.3 Å². The van der Waals surface area contributed by atoms with Crippen molar-refractivity contribution in [2.24, 2.45) is 17.8 Å². The van der Waals surface area contributed by atoms with Gasteiger partial charge in [-0.25, -0.2) is 17.6 Å². The summed E-state index contributed by atoms with van der Waals surface area (Å²) in [7, 11) is 0. The lowest BCUT2D eigenvalue weighted by atomic mass is 9.68. The molecule has 5 rings (SSSR count). The van der Waals surface area contributed by atoms with Crippen molar-refractivity contribution >= 4 is 11.6 Å². The zero-order chi connectivity index (χ0) is 28.2. The van der Waals surface area contributed by atoms with Crippen molar-refractivity contribution in [3.8, 4) is 0 Å². The van der Waals surface area contributed by atoms with Gasteiger partial charge >= 0.3 is 0 Å². The number of halogens is 5. The molecule has 0 saturated heterocycles. The first-order valence-electron chi connectivity index (χ1n) is 16.0. The molecule has 2 aromatic rings. The molecule has 0 unspecified atom stereocenters. The number of hydrogen-bond acceptors (Lipinski definition) is 0. The monoisotopic (exact) mass is 576 g/mol. The molecule has 0 radical (unpaired) electrons. The average molecular weight is 577 g/mol. The smallest absolute Gasteiger partial charge is 0.145 e. The zero-order valence-corrected chi connectivity index (χ0v) is 24.7. The van der Waals surface area contributed by atoms with Crippen molar-refractivity contribution in [1.29, 1.82) is 0 Å². The SMILES string of the molecule is CCCCCC1CCC(C2CCC(c3cc(F)c(C4CCC(c5cc(F)c(Cl)c(F)c5)CC4)c(F)c3)CC2)CC1. The van der Waals surface area contributed by atoms with Crippen molar-refractivity contribution in [2.75, 3.05) is 0 Å². The van der Waals surface area contributed by atoms with Crippen LogP contribution in [0.25, 0.3) is 0 Å². The Kier molecular flexibility index (Phi) is 10.2. The maximum Gasteiger partial charge on any atom is 0.145 e. The van der Waals surface area contributed by atoms with Gasteiger partial charge in [0.05, 0.1) is 0 Å².